The SMILES string of the molecule is CC(C)(C)OC(=O)c1cccc2c1-c1ccccc1C2=O. The Morgan fingerprint density at radius 3 is 2.19 bits per heavy atom. The maximum absolute atomic E-state index is 12.4. The molecule has 0 fully saturated rings. The van der Waals surface area contributed by atoms with Gasteiger partial charge in [0.1, 0.15) is 5.60 Å². The molecule has 0 heterocycles. The summed E-state index contributed by atoms with van der Waals surface area (Å²) >= 11 is 0. The first-order valence-electron chi connectivity index (χ1n) is 6.89. The summed E-state index contributed by atoms with van der Waals surface area (Å²) < 4.78 is 5.45. The quantitative estimate of drug-likeness (QED) is 0.636. The Labute approximate surface area is 123 Å². The van der Waals surface area contributed by atoms with Crippen LogP contribution in [0.5, 0.6) is 0 Å². The molecule has 1 aliphatic carbocycles. The van der Waals surface area contributed by atoms with Crippen molar-refractivity contribution in [1.29, 1.82) is 0 Å². The molecular formula is C18H16O3. The van der Waals surface area contributed by atoms with Gasteiger partial charge in [0, 0.05) is 16.7 Å². The second kappa shape index (κ2) is 4.55. The minimum Gasteiger partial charge on any atom is -0.456 e. The van der Waals surface area contributed by atoms with E-state index in [0.717, 1.165) is 5.56 Å². The van der Waals surface area contributed by atoms with E-state index < -0.39 is 11.6 Å². The predicted molar refractivity (Wildman–Crippen MR) is 80.5 cm³/mol. The van der Waals surface area contributed by atoms with Gasteiger partial charge in [-0.15, -0.1) is 0 Å². The van der Waals surface area contributed by atoms with Crippen molar-refractivity contribution in [1.82, 2.24) is 0 Å². The number of rotatable bonds is 1. The number of carbonyl (C=O) groups excluding carboxylic acids is 2. The molecule has 0 spiro atoms. The third-order valence-electron chi connectivity index (χ3n) is 3.37. The zero-order chi connectivity index (χ0) is 15.2. The maximum atomic E-state index is 12.4. The Morgan fingerprint density at radius 2 is 1.52 bits per heavy atom. The van der Waals surface area contributed by atoms with Gasteiger partial charge in [-0.3, -0.25) is 4.79 Å². The second-order valence-electron chi connectivity index (χ2n) is 6.10. The van der Waals surface area contributed by atoms with E-state index in [-0.39, 0.29) is 5.78 Å². The van der Waals surface area contributed by atoms with Crippen LogP contribution in [0.15, 0.2) is 42.5 Å². The van der Waals surface area contributed by atoms with Crippen LogP contribution in [0.1, 0.15) is 47.1 Å². The van der Waals surface area contributed by atoms with Crippen LogP contribution in [0.4, 0.5) is 0 Å². The standard InChI is InChI=1S/C18H16O3/c1-18(2,3)21-17(20)14-10-6-9-13-15(14)11-7-4-5-8-12(11)16(13)19/h4-10H,1-3H3. The molecule has 3 heteroatoms. The first-order chi connectivity index (χ1) is 9.88. The smallest absolute Gasteiger partial charge is 0.339 e. The van der Waals surface area contributed by atoms with Crippen molar-refractivity contribution in [2.24, 2.45) is 0 Å². The minimum absolute atomic E-state index is 0.0361. The number of carbonyl (C=O) groups is 2. The topological polar surface area (TPSA) is 43.4 Å². The van der Waals surface area contributed by atoms with E-state index in [1.54, 1.807) is 24.3 Å². The first-order valence-corrected chi connectivity index (χ1v) is 6.89. The van der Waals surface area contributed by atoms with Gasteiger partial charge in [0.15, 0.2) is 5.78 Å². The van der Waals surface area contributed by atoms with Crippen molar-refractivity contribution in [3.8, 4) is 11.1 Å². The van der Waals surface area contributed by atoms with Crippen molar-refractivity contribution >= 4 is 11.8 Å². The van der Waals surface area contributed by atoms with E-state index in [2.05, 4.69) is 0 Å². The van der Waals surface area contributed by atoms with Gasteiger partial charge in [0.05, 0.1) is 5.56 Å². The van der Waals surface area contributed by atoms with Crippen molar-refractivity contribution < 1.29 is 14.3 Å². The summed E-state index contributed by atoms with van der Waals surface area (Å²) in [6.45, 7) is 5.48. The van der Waals surface area contributed by atoms with Crippen molar-refractivity contribution in [2.45, 2.75) is 26.4 Å². The van der Waals surface area contributed by atoms with Gasteiger partial charge in [0.2, 0.25) is 0 Å². The molecule has 0 atom stereocenters. The van der Waals surface area contributed by atoms with Gasteiger partial charge in [-0.25, -0.2) is 4.79 Å². The molecule has 2 aromatic rings. The Kier molecular flexibility index (Phi) is 2.94. The molecule has 3 rings (SSSR count). The highest BCUT2D eigenvalue weighted by Gasteiger charge is 2.31. The van der Waals surface area contributed by atoms with Crippen LogP contribution in [0.2, 0.25) is 0 Å². The Hall–Kier alpha value is -2.42. The minimum atomic E-state index is -0.568. The lowest BCUT2D eigenvalue weighted by Crippen LogP contribution is -2.24. The Balaban J connectivity index is 2.17. The lowest BCUT2D eigenvalue weighted by Gasteiger charge is -2.20. The lowest BCUT2D eigenvalue weighted by atomic mass is 9.99. The number of esters is 1. The van der Waals surface area contributed by atoms with E-state index >= 15 is 0 Å². The average molecular weight is 280 g/mol. The van der Waals surface area contributed by atoms with Crippen molar-refractivity contribution in [3.05, 3.63) is 59.2 Å². The second-order valence-corrected chi connectivity index (χ2v) is 6.10. The fourth-order valence-electron chi connectivity index (χ4n) is 2.58. The molecule has 0 radical (unpaired) electrons. The van der Waals surface area contributed by atoms with Crippen LogP contribution in [-0.2, 0) is 4.74 Å². The van der Waals surface area contributed by atoms with Crippen LogP contribution < -0.4 is 0 Å². The molecule has 3 nitrogen and oxygen atoms in total. The molecule has 0 saturated carbocycles. The van der Waals surface area contributed by atoms with E-state index in [9.17, 15) is 9.59 Å². The molecule has 0 unspecified atom stereocenters. The molecule has 0 amide bonds. The molecular weight excluding hydrogens is 264 g/mol. The monoisotopic (exact) mass is 280 g/mol. The van der Waals surface area contributed by atoms with Gasteiger partial charge in [-0.2, -0.15) is 0 Å². The molecule has 0 N–H and O–H groups in total. The molecule has 21 heavy (non-hydrogen) atoms. The zero-order valence-electron chi connectivity index (χ0n) is 12.3. The molecule has 2 aromatic carbocycles. The summed E-state index contributed by atoms with van der Waals surface area (Å²) in [4.78, 5) is 24.8. The number of ketones is 1. The number of fused-ring (bicyclic) bond motifs is 3. The maximum Gasteiger partial charge on any atom is 0.339 e. The Morgan fingerprint density at radius 1 is 0.905 bits per heavy atom. The third-order valence-corrected chi connectivity index (χ3v) is 3.37. The summed E-state index contributed by atoms with van der Waals surface area (Å²) in [5.74, 6) is -0.435. The molecule has 0 aliphatic heterocycles. The van der Waals surface area contributed by atoms with Crippen LogP contribution in [0, 0.1) is 0 Å². The van der Waals surface area contributed by atoms with E-state index in [1.807, 2.05) is 39.0 Å². The third kappa shape index (κ3) is 2.25. The number of hydrogen-bond acceptors (Lipinski definition) is 3. The normalized spacial score (nSPS) is 12.8. The van der Waals surface area contributed by atoms with Crippen molar-refractivity contribution in [2.75, 3.05) is 0 Å². The van der Waals surface area contributed by atoms with E-state index in [1.165, 1.54) is 0 Å². The number of hydrogen-bond donors (Lipinski definition) is 0. The summed E-state index contributed by atoms with van der Waals surface area (Å²) in [6.07, 6.45) is 0. The van der Waals surface area contributed by atoms with Crippen molar-refractivity contribution in [3.63, 3.8) is 0 Å². The fraction of sp³-hybridized carbons (Fsp3) is 0.222. The largest absolute Gasteiger partial charge is 0.456 e. The average Bonchev–Trinajstić information content (AvgIpc) is 2.71. The molecule has 0 aromatic heterocycles. The predicted octanol–water partition coefficient (Wildman–Crippen LogP) is 3.85. The number of ether oxygens (including phenoxy) is 1. The number of benzene rings is 2. The highest BCUT2D eigenvalue weighted by Crippen LogP contribution is 2.39. The first kappa shape index (κ1) is 13.6. The van der Waals surface area contributed by atoms with Gasteiger partial charge < -0.3 is 4.74 Å². The lowest BCUT2D eigenvalue weighted by molar-refractivity contribution is 0.00704. The van der Waals surface area contributed by atoms with Gasteiger partial charge in [-0.1, -0.05) is 36.4 Å². The molecule has 0 saturated heterocycles. The van der Waals surface area contributed by atoms with Crippen LogP contribution in [0.25, 0.3) is 11.1 Å². The summed E-state index contributed by atoms with van der Waals surface area (Å²) in [5.41, 5.74) is 2.58. The molecule has 106 valence electrons. The highest BCUT2D eigenvalue weighted by molar-refractivity contribution is 6.24. The summed E-state index contributed by atoms with van der Waals surface area (Å²) in [5, 5.41) is 0. The van der Waals surface area contributed by atoms with E-state index in [4.69, 9.17) is 4.74 Å². The van der Waals surface area contributed by atoms with Gasteiger partial charge in [0.25, 0.3) is 0 Å². The summed E-state index contributed by atoms with van der Waals surface area (Å²) in [7, 11) is 0. The van der Waals surface area contributed by atoms with Crippen LogP contribution in [0.3, 0.4) is 0 Å². The molecule has 1 aliphatic rings. The van der Waals surface area contributed by atoms with E-state index in [0.29, 0.717) is 22.3 Å². The Bertz CT molecular complexity index is 751. The highest BCUT2D eigenvalue weighted by atomic mass is 16.6. The van der Waals surface area contributed by atoms with Crippen LogP contribution in [-0.4, -0.2) is 17.4 Å². The van der Waals surface area contributed by atoms with Gasteiger partial charge in [-0.05, 0) is 32.4 Å². The van der Waals surface area contributed by atoms with Crippen LogP contribution >= 0.6 is 0 Å². The van der Waals surface area contributed by atoms with Gasteiger partial charge >= 0.3 is 5.97 Å². The zero-order valence-corrected chi connectivity index (χ0v) is 12.3. The summed E-state index contributed by atoms with van der Waals surface area (Å²) in [6, 6.07) is 12.5. The fourth-order valence-corrected chi connectivity index (χ4v) is 2.58. The molecule has 0 bridgehead atoms.